The minimum atomic E-state index is -0.0253. The maximum Gasteiger partial charge on any atom is 0.186 e. The summed E-state index contributed by atoms with van der Waals surface area (Å²) < 4.78 is 0. The van der Waals surface area contributed by atoms with Gasteiger partial charge in [0.2, 0.25) is 0 Å². The summed E-state index contributed by atoms with van der Waals surface area (Å²) in [6.07, 6.45) is 6.24. The van der Waals surface area contributed by atoms with Gasteiger partial charge in [-0.3, -0.25) is 9.80 Å². The molecule has 3 nitrogen and oxygen atoms in total. The van der Waals surface area contributed by atoms with Crippen LogP contribution in [0.15, 0.2) is 90.0 Å². The van der Waals surface area contributed by atoms with Crippen molar-refractivity contribution in [2.24, 2.45) is 5.10 Å². The highest BCUT2D eigenvalue weighted by Gasteiger charge is 2.17. The molecule has 132 valence electrons. The predicted octanol–water partition coefficient (Wildman–Crippen LogP) is 4.98. The maximum atomic E-state index is 12.7. The summed E-state index contributed by atoms with van der Waals surface area (Å²) in [5.74, 6) is -0.0253. The van der Waals surface area contributed by atoms with Gasteiger partial charge in [0, 0.05) is 17.7 Å². The maximum absolute atomic E-state index is 12.7. The van der Waals surface area contributed by atoms with Crippen molar-refractivity contribution in [3.05, 3.63) is 107 Å². The average Bonchev–Trinajstić information content (AvgIpc) is 3.15. The Morgan fingerprint density at radius 3 is 2.52 bits per heavy atom. The van der Waals surface area contributed by atoms with Crippen LogP contribution >= 0.6 is 0 Å². The summed E-state index contributed by atoms with van der Waals surface area (Å²) in [5, 5.41) is 6.62. The minimum Gasteiger partial charge on any atom is -0.289 e. The number of fused-ring (bicyclic) bond motifs is 1. The van der Waals surface area contributed by atoms with E-state index in [1.54, 1.807) is 12.3 Å². The summed E-state index contributed by atoms with van der Waals surface area (Å²) in [4.78, 5) is 12.7. The van der Waals surface area contributed by atoms with E-state index in [1.165, 1.54) is 5.56 Å². The molecule has 4 rings (SSSR count). The molecule has 0 aliphatic carbocycles. The molecule has 0 N–H and O–H groups in total. The molecule has 0 unspecified atom stereocenters. The van der Waals surface area contributed by atoms with Gasteiger partial charge >= 0.3 is 0 Å². The molecule has 1 aliphatic rings. The fourth-order valence-corrected chi connectivity index (χ4v) is 3.23. The number of ketones is 1. The van der Waals surface area contributed by atoms with Gasteiger partial charge in [-0.25, -0.2) is 0 Å². The standard InChI is InChI=1S/C24H20N2O/c27-24(15-14-19-8-2-1-3-9-19)22-12-6-4-11-21(22)18-25-26-17-16-20-10-5-7-13-23(20)26/h1-15,18H,16-17H2/b15-14+,25-18+. The summed E-state index contributed by atoms with van der Waals surface area (Å²) in [6, 6.07) is 25.7. The molecule has 0 radical (unpaired) electrons. The van der Waals surface area contributed by atoms with Crippen LogP contribution in [-0.4, -0.2) is 18.5 Å². The van der Waals surface area contributed by atoms with Gasteiger partial charge in [0.15, 0.2) is 5.78 Å². The first kappa shape index (κ1) is 17.0. The quantitative estimate of drug-likeness (QED) is 0.368. The Morgan fingerprint density at radius 1 is 0.889 bits per heavy atom. The second-order valence-electron chi connectivity index (χ2n) is 6.44. The van der Waals surface area contributed by atoms with E-state index in [0.29, 0.717) is 5.56 Å². The van der Waals surface area contributed by atoms with Crippen LogP contribution < -0.4 is 5.01 Å². The molecule has 0 fully saturated rings. The smallest absolute Gasteiger partial charge is 0.186 e. The zero-order valence-corrected chi connectivity index (χ0v) is 15.0. The second kappa shape index (κ2) is 7.83. The summed E-state index contributed by atoms with van der Waals surface area (Å²) >= 11 is 0. The molecule has 0 spiro atoms. The molecule has 3 aromatic carbocycles. The molecule has 0 bridgehead atoms. The van der Waals surface area contributed by atoms with E-state index in [2.05, 4.69) is 23.3 Å². The van der Waals surface area contributed by atoms with Crippen molar-refractivity contribution in [3.63, 3.8) is 0 Å². The molecular weight excluding hydrogens is 332 g/mol. The van der Waals surface area contributed by atoms with Crippen molar-refractivity contribution in [2.75, 3.05) is 11.6 Å². The molecule has 3 aromatic rings. The van der Waals surface area contributed by atoms with Crippen LogP contribution in [0.3, 0.4) is 0 Å². The third-order valence-corrected chi connectivity index (χ3v) is 4.65. The third kappa shape index (κ3) is 3.87. The fraction of sp³-hybridized carbons (Fsp3) is 0.0833. The third-order valence-electron chi connectivity index (χ3n) is 4.65. The van der Waals surface area contributed by atoms with Crippen LogP contribution in [0.5, 0.6) is 0 Å². The Hall–Kier alpha value is -3.46. The van der Waals surface area contributed by atoms with E-state index in [4.69, 9.17) is 0 Å². The van der Waals surface area contributed by atoms with E-state index >= 15 is 0 Å². The lowest BCUT2D eigenvalue weighted by atomic mass is 10.0. The van der Waals surface area contributed by atoms with Crippen LogP contribution in [-0.2, 0) is 6.42 Å². The van der Waals surface area contributed by atoms with Crippen molar-refractivity contribution in [3.8, 4) is 0 Å². The number of benzene rings is 3. The highest BCUT2D eigenvalue weighted by molar-refractivity contribution is 6.11. The lowest BCUT2D eigenvalue weighted by Gasteiger charge is -2.12. The normalized spacial score (nSPS) is 13.4. The summed E-state index contributed by atoms with van der Waals surface area (Å²) in [5.41, 5.74) is 4.93. The Kier molecular flexibility index (Phi) is 4.93. The van der Waals surface area contributed by atoms with Crippen molar-refractivity contribution in [2.45, 2.75) is 6.42 Å². The Balaban J connectivity index is 1.55. The zero-order valence-electron chi connectivity index (χ0n) is 15.0. The van der Waals surface area contributed by atoms with Gasteiger partial charge in [-0.1, -0.05) is 78.9 Å². The van der Waals surface area contributed by atoms with Crippen LogP contribution in [0.25, 0.3) is 6.08 Å². The number of para-hydroxylation sites is 1. The fourth-order valence-electron chi connectivity index (χ4n) is 3.23. The summed E-state index contributed by atoms with van der Waals surface area (Å²) in [7, 11) is 0. The van der Waals surface area contributed by atoms with Crippen LogP contribution in [0, 0.1) is 0 Å². The largest absolute Gasteiger partial charge is 0.289 e. The van der Waals surface area contributed by atoms with Crippen LogP contribution in [0.2, 0.25) is 0 Å². The SMILES string of the molecule is O=C(/C=C/c1ccccc1)c1ccccc1/C=N/N1CCc2ccccc21. The Morgan fingerprint density at radius 2 is 1.63 bits per heavy atom. The number of hydrazone groups is 1. The van der Waals surface area contributed by atoms with Gasteiger partial charge in [0.25, 0.3) is 0 Å². The number of hydrogen-bond acceptors (Lipinski definition) is 3. The average molecular weight is 352 g/mol. The van der Waals surface area contributed by atoms with Gasteiger partial charge in [-0.05, 0) is 29.7 Å². The van der Waals surface area contributed by atoms with Crippen molar-refractivity contribution in [1.29, 1.82) is 0 Å². The van der Waals surface area contributed by atoms with Gasteiger partial charge in [-0.2, -0.15) is 5.10 Å². The highest BCUT2D eigenvalue weighted by atomic mass is 16.1. The van der Waals surface area contributed by atoms with Crippen LogP contribution in [0.1, 0.15) is 27.0 Å². The first-order valence-corrected chi connectivity index (χ1v) is 9.07. The lowest BCUT2D eigenvalue weighted by Crippen LogP contribution is -2.13. The van der Waals surface area contributed by atoms with Gasteiger partial charge in [0.1, 0.15) is 0 Å². The van der Waals surface area contributed by atoms with Crippen molar-refractivity contribution in [1.82, 2.24) is 0 Å². The number of nitrogens with zero attached hydrogens (tertiary/aromatic N) is 2. The van der Waals surface area contributed by atoms with Gasteiger partial charge in [0.05, 0.1) is 11.9 Å². The van der Waals surface area contributed by atoms with E-state index < -0.39 is 0 Å². The lowest BCUT2D eigenvalue weighted by molar-refractivity contribution is 0.104. The van der Waals surface area contributed by atoms with Crippen molar-refractivity contribution < 1.29 is 4.79 Å². The molecule has 0 atom stereocenters. The number of allylic oxidation sites excluding steroid dienone is 1. The van der Waals surface area contributed by atoms with E-state index in [0.717, 1.165) is 29.8 Å². The molecule has 3 heteroatoms. The van der Waals surface area contributed by atoms with Gasteiger partial charge < -0.3 is 0 Å². The topological polar surface area (TPSA) is 32.7 Å². The number of hydrogen-bond donors (Lipinski definition) is 0. The molecule has 1 aliphatic heterocycles. The molecule has 0 saturated heterocycles. The Bertz CT molecular complexity index is 1010. The predicted molar refractivity (Wildman–Crippen MR) is 111 cm³/mol. The first-order valence-electron chi connectivity index (χ1n) is 9.07. The molecule has 0 saturated carbocycles. The van der Waals surface area contributed by atoms with E-state index in [9.17, 15) is 4.79 Å². The Labute approximate surface area is 159 Å². The number of anilines is 1. The minimum absolute atomic E-state index is 0.0253. The van der Waals surface area contributed by atoms with E-state index in [-0.39, 0.29) is 5.78 Å². The van der Waals surface area contributed by atoms with E-state index in [1.807, 2.05) is 71.7 Å². The first-order chi connectivity index (χ1) is 13.3. The highest BCUT2D eigenvalue weighted by Crippen LogP contribution is 2.27. The molecule has 0 aromatic heterocycles. The zero-order chi connectivity index (χ0) is 18.5. The molecule has 0 amide bonds. The summed E-state index contributed by atoms with van der Waals surface area (Å²) in [6.45, 7) is 0.861. The molecule has 1 heterocycles. The van der Waals surface area contributed by atoms with Gasteiger partial charge in [-0.15, -0.1) is 0 Å². The van der Waals surface area contributed by atoms with Crippen LogP contribution in [0.4, 0.5) is 5.69 Å². The number of carbonyl (C=O) groups is 1. The second-order valence-corrected chi connectivity index (χ2v) is 6.44. The van der Waals surface area contributed by atoms with Crippen molar-refractivity contribution >= 4 is 23.8 Å². The molecule has 27 heavy (non-hydrogen) atoms. The monoisotopic (exact) mass is 352 g/mol. The molecular formula is C24H20N2O. The number of carbonyl (C=O) groups excluding carboxylic acids is 1. The number of rotatable bonds is 5.